The molecule has 0 unspecified atom stereocenters. The molecule has 14 nitrogen and oxygen atoms in total. The Kier molecular flexibility index (Phi) is 10.6. The first-order chi connectivity index (χ1) is 25.2. The van der Waals surface area contributed by atoms with Gasteiger partial charge in [0.25, 0.3) is 0 Å². The van der Waals surface area contributed by atoms with Gasteiger partial charge in [0.05, 0.1) is 38.1 Å². The third-order valence-corrected chi connectivity index (χ3v) is 16.2. The van der Waals surface area contributed by atoms with E-state index in [9.17, 15) is 40.9 Å². The largest absolute Gasteiger partial charge is 0.394 e. The van der Waals surface area contributed by atoms with E-state index in [0.717, 1.165) is 45.1 Å². The Labute approximate surface area is 312 Å². The van der Waals surface area contributed by atoms with E-state index in [1.165, 1.54) is 0 Å². The summed E-state index contributed by atoms with van der Waals surface area (Å²) in [5, 5.41) is 84.8. The maximum atomic E-state index is 11.4. The van der Waals surface area contributed by atoms with Crippen LogP contribution in [0.3, 0.4) is 0 Å². The van der Waals surface area contributed by atoms with Crippen LogP contribution in [0.1, 0.15) is 85.5 Å². The second kappa shape index (κ2) is 14.4. The topological polar surface area (TPSA) is 217 Å². The Morgan fingerprint density at radius 3 is 2.02 bits per heavy atom. The van der Waals surface area contributed by atoms with Crippen molar-refractivity contribution >= 4 is 0 Å². The molecule has 14 heteroatoms. The summed E-state index contributed by atoms with van der Waals surface area (Å²) in [7, 11) is 0. The van der Waals surface area contributed by atoms with Crippen LogP contribution in [0.25, 0.3) is 0 Å². The highest BCUT2D eigenvalue weighted by Gasteiger charge is 2.70. The Bertz CT molecular complexity index is 1300. The second-order valence-electron chi connectivity index (χ2n) is 18.8. The number of fused-ring (bicyclic) bond motifs is 7. The van der Waals surface area contributed by atoms with Crippen LogP contribution in [-0.4, -0.2) is 146 Å². The molecule has 4 saturated carbocycles. The van der Waals surface area contributed by atoms with Gasteiger partial charge >= 0.3 is 0 Å². The average Bonchev–Trinajstić information content (AvgIpc) is 3.58. The van der Waals surface area contributed by atoms with Crippen molar-refractivity contribution in [2.75, 3.05) is 19.8 Å². The summed E-state index contributed by atoms with van der Waals surface area (Å²) >= 11 is 0. The van der Waals surface area contributed by atoms with Crippen molar-refractivity contribution in [3.63, 3.8) is 0 Å². The van der Waals surface area contributed by atoms with Crippen molar-refractivity contribution in [3.8, 4) is 0 Å². The van der Waals surface area contributed by atoms with Crippen LogP contribution in [0.15, 0.2) is 0 Å². The second-order valence-corrected chi connectivity index (χ2v) is 18.8. The summed E-state index contributed by atoms with van der Waals surface area (Å²) < 4.78 is 38.2. The van der Waals surface area contributed by atoms with Gasteiger partial charge in [0, 0.05) is 12.3 Å². The number of aliphatic hydroxyl groups excluding tert-OH is 8. The molecule has 0 amide bonds. The highest BCUT2D eigenvalue weighted by Crippen LogP contribution is 2.71. The summed E-state index contributed by atoms with van der Waals surface area (Å²) in [5.41, 5.74) is -0.111. The molecule has 1 spiro atoms. The molecule has 0 aromatic heterocycles. The Morgan fingerprint density at radius 1 is 0.660 bits per heavy atom. The first-order valence-electron chi connectivity index (χ1n) is 20.4. The molecule has 0 bridgehead atoms. The fourth-order valence-corrected chi connectivity index (χ4v) is 13.2. The molecule has 8 aliphatic rings. The van der Waals surface area contributed by atoms with Gasteiger partial charge in [-0.05, 0) is 97.7 Å². The molecule has 23 atom stereocenters. The van der Waals surface area contributed by atoms with Crippen molar-refractivity contribution in [2.24, 2.45) is 52.3 Å². The molecular weight excluding hydrogens is 692 g/mol. The summed E-state index contributed by atoms with van der Waals surface area (Å²) in [6.07, 6.45) is -8.07. The van der Waals surface area contributed by atoms with Gasteiger partial charge in [-0.1, -0.05) is 27.7 Å². The SMILES string of the molecule is C[C@@H]1CC[C@@]2(OC1)O[C@H]1C[C@H]3[C@@H]4C[C@H](O[C@@H]5O[C@H](CO)[C@@H](O)[C@H](O)[C@H]5O[C@@H]5O[C@H](CO)[C@@H](O)[C@H](O)[C@H]5O)[C@H]5C[C@@H](O)CC[C@]5(C)[C@H]4CC[C@]3(C)[C@H]1[C@@H]2C. The van der Waals surface area contributed by atoms with Gasteiger partial charge in [-0.25, -0.2) is 0 Å². The van der Waals surface area contributed by atoms with Gasteiger partial charge < -0.3 is 69.3 Å². The van der Waals surface area contributed by atoms with Crippen molar-refractivity contribution in [3.05, 3.63) is 0 Å². The first-order valence-corrected chi connectivity index (χ1v) is 20.4. The lowest BCUT2D eigenvalue weighted by molar-refractivity contribution is -0.377. The third-order valence-electron chi connectivity index (χ3n) is 16.2. The van der Waals surface area contributed by atoms with Crippen LogP contribution < -0.4 is 0 Å². The fourth-order valence-electron chi connectivity index (χ4n) is 13.2. The quantitative estimate of drug-likeness (QED) is 0.173. The van der Waals surface area contributed by atoms with Crippen LogP contribution in [0.4, 0.5) is 0 Å². The van der Waals surface area contributed by atoms with E-state index in [4.69, 9.17) is 28.4 Å². The van der Waals surface area contributed by atoms with Gasteiger partial charge in [-0.15, -0.1) is 0 Å². The van der Waals surface area contributed by atoms with Crippen molar-refractivity contribution < 1.29 is 69.3 Å². The molecule has 8 N–H and O–H groups in total. The predicted molar refractivity (Wildman–Crippen MR) is 184 cm³/mol. The predicted octanol–water partition coefficient (Wildman–Crippen LogP) is 0.413. The molecule has 0 radical (unpaired) electrons. The summed E-state index contributed by atoms with van der Waals surface area (Å²) in [6, 6.07) is 0. The van der Waals surface area contributed by atoms with Gasteiger partial charge in [0.2, 0.25) is 0 Å². The molecule has 4 aliphatic heterocycles. The minimum absolute atomic E-state index is 0.0431. The number of ether oxygens (including phenoxy) is 6. The van der Waals surface area contributed by atoms with Crippen molar-refractivity contribution in [1.82, 2.24) is 0 Å². The average molecular weight is 757 g/mol. The molecule has 53 heavy (non-hydrogen) atoms. The van der Waals surface area contributed by atoms with Gasteiger partial charge in [0.1, 0.15) is 48.8 Å². The van der Waals surface area contributed by atoms with E-state index in [1.807, 2.05) is 0 Å². The molecule has 8 rings (SSSR count). The van der Waals surface area contributed by atoms with E-state index in [0.29, 0.717) is 42.9 Å². The summed E-state index contributed by atoms with van der Waals surface area (Å²) in [6.45, 7) is 8.84. The molecule has 0 aromatic rings. The van der Waals surface area contributed by atoms with Gasteiger partial charge in [-0.3, -0.25) is 0 Å². The van der Waals surface area contributed by atoms with Crippen LogP contribution in [0.2, 0.25) is 0 Å². The maximum absolute atomic E-state index is 11.4. The van der Waals surface area contributed by atoms with Crippen LogP contribution in [-0.2, 0) is 28.4 Å². The van der Waals surface area contributed by atoms with Gasteiger partial charge in [-0.2, -0.15) is 0 Å². The van der Waals surface area contributed by atoms with E-state index in [1.54, 1.807) is 0 Å². The third kappa shape index (κ3) is 6.20. The summed E-state index contributed by atoms with van der Waals surface area (Å²) in [5.74, 6) is 1.70. The normalized spacial score (nSPS) is 59.5. The van der Waals surface area contributed by atoms with Crippen LogP contribution in [0.5, 0.6) is 0 Å². The molecule has 4 heterocycles. The minimum atomic E-state index is -1.76. The highest BCUT2D eigenvalue weighted by molar-refractivity contribution is 5.16. The van der Waals surface area contributed by atoms with E-state index >= 15 is 0 Å². The highest BCUT2D eigenvalue weighted by atomic mass is 16.8. The minimum Gasteiger partial charge on any atom is -0.394 e. The smallest absolute Gasteiger partial charge is 0.187 e. The molecule has 304 valence electrons. The first kappa shape index (κ1) is 39.3. The Balaban J connectivity index is 1.08. The Morgan fingerprint density at radius 2 is 1.34 bits per heavy atom. The van der Waals surface area contributed by atoms with Crippen LogP contribution >= 0.6 is 0 Å². The number of aliphatic hydroxyl groups is 8. The number of hydrogen-bond donors (Lipinski definition) is 8. The van der Waals surface area contributed by atoms with E-state index in [-0.39, 0.29) is 34.7 Å². The Hall–Kier alpha value is -0.560. The number of hydrogen-bond acceptors (Lipinski definition) is 14. The van der Waals surface area contributed by atoms with E-state index < -0.39 is 92.6 Å². The molecule has 4 aliphatic carbocycles. The molecular formula is C39H64O14. The number of rotatable bonds is 6. The lowest BCUT2D eigenvalue weighted by Gasteiger charge is -2.63. The monoisotopic (exact) mass is 756 g/mol. The molecule has 0 aromatic carbocycles. The zero-order valence-electron chi connectivity index (χ0n) is 31.6. The standard InChI is InChI=1S/C39H64O14/c1-17-5-10-39(48-16-17)18(2)28-25(53-39)13-22-20-12-24(23-11-19(42)6-8-37(23,3)21(20)7-9-38(22,28)4)49-36-34(32(46)30(44)27(15-41)51-36)52-35-33(47)31(45)29(43)26(14-40)50-35/h17-36,40-47H,5-16H2,1-4H3/t17-,18+,19+,20-,21+,22+,23-,24+,25+,26-,27-,28+,29-,30-,31+,32+,33-,34-,35+,36-,37-,38+,39-/m1/s1. The fraction of sp³-hybridized carbons (Fsp3) is 1.00. The maximum Gasteiger partial charge on any atom is 0.187 e. The molecule has 8 fully saturated rings. The lowest BCUT2D eigenvalue weighted by Crippen LogP contribution is -2.66. The van der Waals surface area contributed by atoms with E-state index in [2.05, 4.69) is 27.7 Å². The van der Waals surface area contributed by atoms with Crippen LogP contribution in [0, 0.1) is 52.3 Å². The zero-order chi connectivity index (χ0) is 37.8. The van der Waals surface area contributed by atoms with Crippen molar-refractivity contribution in [1.29, 1.82) is 0 Å². The lowest BCUT2D eigenvalue weighted by atomic mass is 9.43. The zero-order valence-corrected chi connectivity index (χ0v) is 31.6. The van der Waals surface area contributed by atoms with Gasteiger partial charge in [0.15, 0.2) is 18.4 Å². The molecule has 4 saturated heterocycles. The summed E-state index contributed by atoms with van der Waals surface area (Å²) in [4.78, 5) is 0. The van der Waals surface area contributed by atoms with Crippen molar-refractivity contribution in [2.45, 2.75) is 171 Å².